The lowest BCUT2D eigenvalue weighted by atomic mass is 10.5. The number of rotatable bonds is 6. The van der Waals surface area contributed by atoms with Crippen molar-refractivity contribution in [2.24, 2.45) is 0 Å². The van der Waals surface area contributed by atoms with Crippen molar-refractivity contribution in [2.45, 2.75) is 17.7 Å². The Labute approximate surface area is 108 Å². The third-order valence-electron chi connectivity index (χ3n) is 1.72. The normalized spacial score (nSPS) is 10.0. The summed E-state index contributed by atoms with van der Waals surface area (Å²) < 4.78 is 10.1. The SMILES string of the molecule is CCOC(=O)c1cnc(SCCC(=O)OC)s1. The average Bonchev–Trinajstić information content (AvgIpc) is 2.78. The fraction of sp³-hybridized carbons (Fsp3) is 0.500. The van der Waals surface area contributed by atoms with Crippen molar-refractivity contribution in [3.8, 4) is 0 Å². The molecule has 0 unspecified atom stereocenters. The highest BCUT2D eigenvalue weighted by molar-refractivity contribution is 8.01. The molecule has 0 amide bonds. The zero-order valence-electron chi connectivity index (χ0n) is 9.60. The number of esters is 2. The first-order chi connectivity index (χ1) is 8.17. The van der Waals surface area contributed by atoms with Gasteiger partial charge in [0.25, 0.3) is 0 Å². The van der Waals surface area contributed by atoms with Crippen LogP contribution in [-0.4, -0.2) is 36.4 Å². The summed E-state index contributed by atoms with van der Waals surface area (Å²) in [5, 5.41) is 0. The number of hydrogen-bond acceptors (Lipinski definition) is 7. The summed E-state index contributed by atoms with van der Waals surface area (Å²) >= 11 is 2.68. The third-order valence-corrected chi connectivity index (χ3v) is 3.86. The van der Waals surface area contributed by atoms with Gasteiger partial charge in [-0.15, -0.1) is 11.3 Å². The standard InChI is InChI=1S/C10H13NO4S2/c1-3-15-9(13)7-6-11-10(17-7)16-5-4-8(12)14-2/h6H,3-5H2,1-2H3. The Balaban J connectivity index is 2.40. The van der Waals surface area contributed by atoms with Gasteiger partial charge in [0.05, 0.1) is 26.3 Å². The number of aromatic nitrogens is 1. The summed E-state index contributed by atoms with van der Waals surface area (Å²) in [5.41, 5.74) is 0. The van der Waals surface area contributed by atoms with Gasteiger partial charge in [-0.3, -0.25) is 4.79 Å². The second-order valence-electron chi connectivity index (χ2n) is 2.89. The molecular formula is C10H13NO4S2. The maximum absolute atomic E-state index is 11.4. The van der Waals surface area contributed by atoms with E-state index in [-0.39, 0.29) is 11.9 Å². The van der Waals surface area contributed by atoms with Crippen LogP contribution in [0, 0.1) is 0 Å². The quantitative estimate of drug-likeness (QED) is 0.584. The maximum Gasteiger partial charge on any atom is 0.349 e. The number of carbonyl (C=O) groups excluding carboxylic acids is 2. The first kappa shape index (κ1) is 14.0. The summed E-state index contributed by atoms with van der Waals surface area (Å²) in [6, 6.07) is 0. The summed E-state index contributed by atoms with van der Waals surface area (Å²) in [6.45, 7) is 2.10. The molecule has 0 aliphatic rings. The molecule has 17 heavy (non-hydrogen) atoms. The van der Waals surface area contributed by atoms with Crippen molar-refractivity contribution in [1.29, 1.82) is 0 Å². The monoisotopic (exact) mass is 275 g/mol. The average molecular weight is 275 g/mol. The topological polar surface area (TPSA) is 65.5 Å². The lowest BCUT2D eigenvalue weighted by Gasteiger charge is -1.97. The van der Waals surface area contributed by atoms with Crippen molar-refractivity contribution < 1.29 is 19.1 Å². The van der Waals surface area contributed by atoms with Gasteiger partial charge in [0, 0.05) is 5.75 Å². The van der Waals surface area contributed by atoms with Crippen molar-refractivity contribution in [3.63, 3.8) is 0 Å². The highest BCUT2D eigenvalue weighted by atomic mass is 32.2. The van der Waals surface area contributed by atoms with Gasteiger partial charge in [0.1, 0.15) is 4.88 Å². The highest BCUT2D eigenvalue weighted by Crippen LogP contribution is 2.25. The van der Waals surface area contributed by atoms with E-state index in [2.05, 4.69) is 9.72 Å². The van der Waals surface area contributed by atoms with Gasteiger partial charge in [0.15, 0.2) is 4.34 Å². The lowest BCUT2D eigenvalue weighted by molar-refractivity contribution is -0.140. The second kappa shape index (κ2) is 7.29. The van der Waals surface area contributed by atoms with Crippen LogP contribution in [0.1, 0.15) is 23.0 Å². The van der Waals surface area contributed by atoms with Crippen LogP contribution in [0.4, 0.5) is 0 Å². The van der Waals surface area contributed by atoms with Gasteiger partial charge in [-0.05, 0) is 6.92 Å². The summed E-state index contributed by atoms with van der Waals surface area (Å²) in [5.74, 6) is -0.0212. The molecule has 0 aliphatic carbocycles. The van der Waals surface area contributed by atoms with Crippen LogP contribution in [0.2, 0.25) is 0 Å². The Hall–Kier alpha value is -1.08. The molecule has 0 saturated heterocycles. The molecule has 1 heterocycles. The number of ether oxygens (including phenoxy) is 2. The predicted octanol–water partition coefficient (Wildman–Crippen LogP) is 1.98. The van der Waals surface area contributed by atoms with Crippen LogP contribution in [0.5, 0.6) is 0 Å². The molecule has 5 nitrogen and oxygen atoms in total. The fourth-order valence-corrected chi connectivity index (χ4v) is 2.81. The van der Waals surface area contributed by atoms with E-state index >= 15 is 0 Å². The predicted molar refractivity (Wildman–Crippen MR) is 65.4 cm³/mol. The molecule has 1 aromatic heterocycles. The van der Waals surface area contributed by atoms with Gasteiger partial charge in [0.2, 0.25) is 0 Å². The number of nitrogens with zero attached hydrogens (tertiary/aromatic N) is 1. The maximum atomic E-state index is 11.4. The van der Waals surface area contributed by atoms with Crippen molar-refractivity contribution >= 4 is 35.0 Å². The van der Waals surface area contributed by atoms with Gasteiger partial charge in [-0.25, -0.2) is 9.78 Å². The number of carbonyl (C=O) groups is 2. The minimum absolute atomic E-state index is 0.250. The van der Waals surface area contributed by atoms with E-state index in [9.17, 15) is 9.59 Å². The third kappa shape index (κ3) is 4.74. The molecule has 0 atom stereocenters. The van der Waals surface area contributed by atoms with Crippen LogP contribution in [0.25, 0.3) is 0 Å². The van der Waals surface area contributed by atoms with E-state index < -0.39 is 0 Å². The zero-order valence-corrected chi connectivity index (χ0v) is 11.2. The van der Waals surface area contributed by atoms with Gasteiger partial charge in [-0.2, -0.15) is 0 Å². The van der Waals surface area contributed by atoms with E-state index in [4.69, 9.17) is 4.74 Å². The molecule has 0 N–H and O–H groups in total. The number of thioether (sulfide) groups is 1. The second-order valence-corrected chi connectivity index (χ2v) is 5.26. The van der Waals surface area contributed by atoms with Crippen molar-refractivity contribution in [3.05, 3.63) is 11.1 Å². The van der Waals surface area contributed by atoms with E-state index in [1.807, 2.05) is 0 Å². The number of methoxy groups -OCH3 is 1. The molecule has 94 valence electrons. The Morgan fingerprint density at radius 3 is 2.94 bits per heavy atom. The van der Waals surface area contributed by atoms with Crippen LogP contribution in [0.15, 0.2) is 10.5 Å². The molecule has 0 radical (unpaired) electrons. The summed E-state index contributed by atoms with van der Waals surface area (Å²) in [6.07, 6.45) is 1.82. The highest BCUT2D eigenvalue weighted by Gasteiger charge is 2.11. The smallest absolute Gasteiger partial charge is 0.349 e. The van der Waals surface area contributed by atoms with E-state index in [1.165, 1.54) is 36.4 Å². The zero-order chi connectivity index (χ0) is 12.7. The molecule has 1 rings (SSSR count). The molecule has 7 heteroatoms. The molecule has 0 bridgehead atoms. The lowest BCUT2D eigenvalue weighted by Crippen LogP contribution is -2.01. The van der Waals surface area contributed by atoms with Gasteiger partial charge in [-0.1, -0.05) is 11.8 Å². The van der Waals surface area contributed by atoms with E-state index in [1.54, 1.807) is 6.92 Å². The van der Waals surface area contributed by atoms with Crippen LogP contribution >= 0.6 is 23.1 Å². The Kier molecular flexibility index (Phi) is 5.99. The van der Waals surface area contributed by atoms with Crippen molar-refractivity contribution in [2.75, 3.05) is 19.5 Å². The van der Waals surface area contributed by atoms with Gasteiger partial charge < -0.3 is 9.47 Å². The van der Waals surface area contributed by atoms with E-state index in [0.29, 0.717) is 23.7 Å². The van der Waals surface area contributed by atoms with Crippen LogP contribution < -0.4 is 0 Å². The fourth-order valence-electron chi connectivity index (χ4n) is 0.945. The Morgan fingerprint density at radius 1 is 1.53 bits per heavy atom. The van der Waals surface area contributed by atoms with Gasteiger partial charge >= 0.3 is 11.9 Å². The number of hydrogen-bond donors (Lipinski definition) is 0. The molecule has 1 aromatic rings. The summed E-state index contributed by atoms with van der Waals surface area (Å²) in [7, 11) is 1.36. The minimum Gasteiger partial charge on any atom is -0.469 e. The van der Waals surface area contributed by atoms with Crippen molar-refractivity contribution in [1.82, 2.24) is 4.98 Å². The first-order valence-corrected chi connectivity index (χ1v) is 6.80. The molecule has 0 fully saturated rings. The minimum atomic E-state index is -0.357. The van der Waals surface area contributed by atoms with Crippen LogP contribution in [-0.2, 0) is 14.3 Å². The molecule has 0 aromatic carbocycles. The van der Waals surface area contributed by atoms with Crippen LogP contribution in [0.3, 0.4) is 0 Å². The Bertz CT molecular complexity index is 391. The summed E-state index contributed by atoms with van der Waals surface area (Å²) in [4.78, 5) is 26.8. The molecule has 0 spiro atoms. The number of thiazole rings is 1. The largest absolute Gasteiger partial charge is 0.469 e. The molecular weight excluding hydrogens is 262 g/mol. The molecule has 0 aliphatic heterocycles. The first-order valence-electron chi connectivity index (χ1n) is 5.00. The molecule has 0 saturated carbocycles. The van der Waals surface area contributed by atoms with E-state index in [0.717, 1.165) is 4.34 Å². The Morgan fingerprint density at radius 2 is 2.29 bits per heavy atom.